The van der Waals surface area contributed by atoms with Crippen LogP contribution in [0.4, 0.5) is 13.2 Å². The van der Waals surface area contributed by atoms with Crippen LogP contribution in [0.15, 0.2) is 0 Å². The van der Waals surface area contributed by atoms with E-state index in [4.69, 9.17) is 0 Å². The Labute approximate surface area is 81.5 Å². The van der Waals surface area contributed by atoms with E-state index in [1.165, 1.54) is 6.92 Å². The third-order valence-corrected chi connectivity index (χ3v) is 2.52. The number of aliphatic hydroxyl groups is 1. The van der Waals surface area contributed by atoms with Gasteiger partial charge < -0.3 is 10.4 Å². The van der Waals surface area contributed by atoms with E-state index in [-0.39, 0.29) is 6.04 Å². The monoisotopic (exact) mass is 211 g/mol. The average molecular weight is 211 g/mol. The molecule has 0 heterocycles. The van der Waals surface area contributed by atoms with Gasteiger partial charge in [-0.2, -0.15) is 13.2 Å². The Bertz CT molecular complexity index is 183. The molecule has 1 rings (SSSR count). The van der Waals surface area contributed by atoms with E-state index in [1.54, 1.807) is 0 Å². The van der Waals surface area contributed by atoms with Crippen LogP contribution >= 0.6 is 0 Å². The number of nitrogens with one attached hydrogen (secondary N) is 1. The minimum Gasteiger partial charge on any atom is -0.392 e. The summed E-state index contributed by atoms with van der Waals surface area (Å²) in [6, 6.07) is -0.778. The van der Waals surface area contributed by atoms with Crippen LogP contribution in [-0.4, -0.2) is 29.5 Å². The summed E-state index contributed by atoms with van der Waals surface area (Å²) in [5.41, 5.74) is 0. The molecule has 3 atom stereocenters. The normalized spacial score (nSPS) is 30.6. The van der Waals surface area contributed by atoms with Crippen molar-refractivity contribution in [2.24, 2.45) is 0 Å². The smallest absolute Gasteiger partial charge is 0.390 e. The summed E-state index contributed by atoms with van der Waals surface area (Å²) >= 11 is 0. The molecule has 0 bridgehead atoms. The molecule has 0 saturated heterocycles. The lowest BCUT2D eigenvalue weighted by Gasteiger charge is -2.22. The van der Waals surface area contributed by atoms with E-state index in [0.29, 0.717) is 6.42 Å². The van der Waals surface area contributed by atoms with Crippen LogP contribution in [0.2, 0.25) is 0 Å². The van der Waals surface area contributed by atoms with Crippen LogP contribution in [0.25, 0.3) is 0 Å². The van der Waals surface area contributed by atoms with E-state index >= 15 is 0 Å². The first kappa shape index (κ1) is 11.8. The molecule has 0 amide bonds. The Morgan fingerprint density at radius 3 is 2.50 bits per heavy atom. The molecule has 5 heteroatoms. The molecule has 0 aromatic carbocycles. The standard InChI is InChI=1S/C9H16F3NO/c1-6(5-9(10,11)12)13-7-3-2-4-8(7)14/h6-8,13-14H,2-5H2,1H3/t6?,7-,8-/m1/s1. The van der Waals surface area contributed by atoms with E-state index in [0.717, 1.165) is 12.8 Å². The number of aliphatic hydroxyl groups excluding tert-OH is 1. The molecule has 0 spiro atoms. The van der Waals surface area contributed by atoms with E-state index in [9.17, 15) is 18.3 Å². The van der Waals surface area contributed by atoms with Crippen molar-refractivity contribution in [3.8, 4) is 0 Å². The SMILES string of the molecule is CC(CC(F)(F)F)N[C@@H]1CCC[C@H]1O. The minimum atomic E-state index is -4.13. The van der Waals surface area contributed by atoms with Gasteiger partial charge in [-0.3, -0.25) is 0 Å². The third-order valence-electron chi connectivity index (χ3n) is 2.52. The summed E-state index contributed by atoms with van der Waals surface area (Å²) in [6.45, 7) is 1.50. The molecule has 0 aromatic heterocycles. The van der Waals surface area contributed by atoms with Crippen LogP contribution in [0, 0.1) is 0 Å². The quantitative estimate of drug-likeness (QED) is 0.746. The average Bonchev–Trinajstić information content (AvgIpc) is 2.32. The first-order valence-corrected chi connectivity index (χ1v) is 4.89. The molecular weight excluding hydrogens is 195 g/mol. The van der Waals surface area contributed by atoms with Gasteiger partial charge in [0.25, 0.3) is 0 Å². The molecule has 0 radical (unpaired) electrons. The van der Waals surface area contributed by atoms with Crippen molar-refractivity contribution < 1.29 is 18.3 Å². The van der Waals surface area contributed by atoms with Crippen LogP contribution in [0.5, 0.6) is 0 Å². The van der Waals surface area contributed by atoms with Gasteiger partial charge in [0.2, 0.25) is 0 Å². The maximum absolute atomic E-state index is 12.0. The lowest BCUT2D eigenvalue weighted by Crippen LogP contribution is -2.42. The highest BCUT2D eigenvalue weighted by Gasteiger charge is 2.32. The van der Waals surface area contributed by atoms with E-state index < -0.39 is 24.7 Å². The van der Waals surface area contributed by atoms with Crippen molar-refractivity contribution in [3.05, 3.63) is 0 Å². The zero-order valence-corrected chi connectivity index (χ0v) is 8.14. The van der Waals surface area contributed by atoms with Gasteiger partial charge in [-0.25, -0.2) is 0 Å². The summed E-state index contributed by atoms with van der Waals surface area (Å²) in [7, 11) is 0. The lowest BCUT2D eigenvalue weighted by molar-refractivity contribution is -0.139. The second-order valence-corrected chi connectivity index (χ2v) is 3.99. The highest BCUT2D eigenvalue weighted by Crippen LogP contribution is 2.24. The van der Waals surface area contributed by atoms with Gasteiger partial charge in [-0.15, -0.1) is 0 Å². The van der Waals surface area contributed by atoms with Crippen molar-refractivity contribution >= 4 is 0 Å². The Hall–Kier alpha value is -0.290. The minimum absolute atomic E-state index is 0.160. The molecule has 1 saturated carbocycles. The van der Waals surface area contributed by atoms with Gasteiger partial charge in [-0.05, 0) is 26.2 Å². The number of halogens is 3. The van der Waals surface area contributed by atoms with Crippen molar-refractivity contribution in [2.75, 3.05) is 0 Å². The van der Waals surface area contributed by atoms with Crippen LogP contribution in [-0.2, 0) is 0 Å². The highest BCUT2D eigenvalue weighted by molar-refractivity contribution is 4.84. The molecular formula is C9H16F3NO. The molecule has 0 aromatic rings. The third kappa shape index (κ3) is 3.84. The number of hydrogen-bond donors (Lipinski definition) is 2. The number of rotatable bonds is 3. The predicted molar refractivity (Wildman–Crippen MR) is 46.9 cm³/mol. The van der Waals surface area contributed by atoms with Gasteiger partial charge in [-0.1, -0.05) is 0 Å². The Morgan fingerprint density at radius 2 is 2.07 bits per heavy atom. The summed E-state index contributed by atoms with van der Waals surface area (Å²) in [4.78, 5) is 0. The van der Waals surface area contributed by atoms with Gasteiger partial charge >= 0.3 is 6.18 Å². The summed E-state index contributed by atoms with van der Waals surface area (Å²) in [6.07, 6.45) is -3.10. The van der Waals surface area contributed by atoms with Gasteiger partial charge in [0.1, 0.15) is 0 Å². The molecule has 1 unspecified atom stereocenters. The molecule has 2 N–H and O–H groups in total. The molecule has 14 heavy (non-hydrogen) atoms. The largest absolute Gasteiger partial charge is 0.392 e. The predicted octanol–water partition coefficient (Wildman–Crippen LogP) is 1.83. The maximum atomic E-state index is 12.0. The molecule has 2 nitrogen and oxygen atoms in total. The first-order chi connectivity index (χ1) is 6.38. The fourth-order valence-corrected chi connectivity index (χ4v) is 1.91. The Kier molecular flexibility index (Phi) is 3.78. The fourth-order valence-electron chi connectivity index (χ4n) is 1.91. The van der Waals surface area contributed by atoms with Gasteiger partial charge in [0.15, 0.2) is 0 Å². The van der Waals surface area contributed by atoms with Crippen LogP contribution < -0.4 is 5.32 Å². The second kappa shape index (κ2) is 4.49. The Morgan fingerprint density at radius 1 is 1.43 bits per heavy atom. The topological polar surface area (TPSA) is 32.3 Å². The summed E-state index contributed by atoms with van der Waals surface area (Å²) < 4.78 is 35.9. The van der Waals surface area contributed by atoms with Crippen molar-refractivity contribution in [1.82, 2.24) is 5.32 Å². The number of alkyl halides is 3. The molecule has 1 aliphatic rings. The molecule has 84 valence electrons. The zero-order valence-electron chi connectivity index (χ0n) is 8.14. The van der Waals surface area contributed by atoms with Crippen LogP contribution in [0.1, 0.15) is 32.6 Å². The van der Waals surface area contributed by atoms with E-state index in [2.05, 4.69) is 5.32 Å². The second-order valence-electron chi connectivity index (χ2n) is 3.99. The van der Waals surface area contributed by atoms with Gasteiger partial charge in [0.05, 0.1) is 12.5 Å². The zero-order chi connectivity index (χ0) is 10.8. The molecule has 1 fully saturated rings. The highest BCUT2D eigenvalue weighted by atomic mass is 19.4. The van der Waals surface area contributed by atoms with Crippen molar-refractivity contribution in [3.63, 3.8) is 0 Å². The molecule has 1 aliphatic carbocycles. The Balaban J connectivity index is 2.29. The van der Waals surface area contributed by atoms with Crippen molar-refractivity contribution in [2.45, 2.75) is 57.0 Å². The van der Waals surface area contributed by atoms with Crippen molar-refractivity contribution in [1.29, 1.82) is 0 Å². The van der Waals surface area contributed by atoms with Crippen LogP contribution in [0.3, 0.4) is 0 Å². The number of hydrogen-bond acceptors (Lipinski definition) is 2. The molecule has 0 aliphatic heterocycles. The lowest BCUT2D eigenvalue weighted by atomic mass is 10.1. The summed E-state index contributed by atoms with van der Waals surface area (Å²) in [5, 5.41) is 12.2. The fraction of sp³-hybridized carbons (Fsp3) is 1.00. The van der Waals surface area contributed by atoms with E-state index in [1.807, 2.05) is 0 Å². The summed E-state index contributed by atoms with van der Waals surface area (Å²) in [5.74, 6) is 0. The maximum Gasteiger partial charge on any atom is 0.390 e. The first-order valence-electron chi connectivity index (χ1n) is 4.89. The van der Waals surface area contributed by atoms with Gasteiger partial charge in [0, 0.05) is 12.1 Å².